The van der Waals surface area contributed by atoms with Crippen molar-refractivity contribution in [2.24, 2.45) is 0 Å². The summed E-state index contributed by atoms with van der Waals surface area (Å²) >= 11 is 7.43. The molecule has 0 spiro atoms. The van der Waals surface area contributed by atoms with Crippen LogP contribution in [0, 0.1) is 0 Å². The molecule has 4 rings (SSSR count). The fraction of sp³-hybridized carbons (Fsp3) is 0.333. The molecular weight excluding hydrogens is 342 g/mol. The van der Waals surface area contributed by atoms with Crippen molar-refractivity contribution < 1.29 is 4.79 Å². The minimum absolute atomic E-state index is 0.00628. The summed E-state index contributed by atoms with van der Waals surface area (Å²) < 4.78 is 0. The lowest BCUT2D eigenvalue weighted by Crippen LogP contribution is -2.42. The van der Waals surface area contributed by atoms with Gasteiger partial charge in [-0.1, -0.05) is 29.4 Å². The fourth-order valence-electron chi connectivity index (χ4n) is 3.48. The van der Waals surface area contributed by atoms with Gasteiger partial charge >= 0.3 is 0 Å². The second-order valence-electron chi connectivity index (χ2n) is 6.29. The van der Waals surface area contributed by atoms with Gasteiger partial charge in [-0.3, -0.25) is 4.79 Å². The van der Waals surface area contributed by atoms with Gasteiger partial charge in [-0.15, -0.1) is 0 Å². The monoisotopic (exact) mass is 359 g/mol. The Bertz CT molecular complexity index is 752. The summed E-state index contributed by atoms with van der Waals surface area (Å²) in [6.07, 6.45) is 3.45. The molecule has 2 N–H and O–H groups in total. The van der Waals surface area contributed by atoms with Crippen LogP contribution in [0.1, 0.15) is 29.6 Å². The highest BCUT2D eigenvalue weighted by molar-refractivity contribution is 7.99. The molecule has 3 heterocycles. The molecule has 2 bridgehead atoms. The quantitative estimate of drug-likeness (QED) is 0.820. The second-order valence-corrected chi connectivity index (χ2v) is 7.77. The van der Waals surface area contributed by atoms with Gasteiger partial charge in [-0.05, 0) is 55.7 Å². The van der Waals surface area contributed by atoms with Crippen LogP contribution in [0.5, 0.6) is 0 Å². The molecule has 2 aliphatic rings. The molecule has 1 amide bonds. The van der Waals surface area contributed by atoms with Crippen LogP contribution in [0.2, 0.25) is 5.15 Å². The molecule has 2 saturated heterocycles. The standard InChI is InChI=1S/C18H18ClN3OS/c19-16-2-1-3-17(22-16)24-13-7-4-11(5-8-13)18(23)21-15-10-12-6-9-14(15)20-12/h1-5,7-8,12,14-15,20H,6,9-10H2,(H,21,23)/t12-,14+,15-/m1/s1. The van der Waals surface area contributed by atoms with Gasteiger partial charge in [0.2, 0.25) is 0 Å². The number of nitrogens with one attached hydrogen (secondary N) is 2. The maximum atomic E-state index is 12.4. The molecule has 0 unspecified atom stereocenters. The van der Waals surface area contributed by atoms with Gasteiger partial charge in [-0.25, -0.2) is 4.98 Å². The van der Waals surface area contributed by atoms with E-state index >= 15 is 0 Å². The number of amides is 1. The van der Waals surface area contributed by atoms with Crippen molar-refractivity contribution in [3.8, 4) is 0 Å². The van der Waals surface area contributed by atoms with Crippen molar-refractivity contribution in [3.63, 3.8) is 0 Å². The highest BCUT2D eigenvalue weighted by Crippen LogP contribution is 2.29. The molecule has 1 aromatic carbocycles. The predicted molar refractivity (Wildman–Crippen MR) is 95.6 cm³/mol. The Morgan fingerprint density at radius 2 is 2.04 bits per heavy atom. The summed E-state index contributed by atoms with van der Waals surface area (Å²) in [6, 6.07) is 14.5. The molecule has 124 valence electrons. The first-order valence-corrected chi connectivity index (χ1v) is 9.34. The van der Waals surface area contributed by atoms with E-state index in [9.17, 15) is 4.79 Å². The first kappa shape index (κ1) is 15.9. The SMILES string of the molecule is O=C(N[C@@H]1C[C@H]2CC[C@@H]1N2)c1ccc(Sc2cccc(Cl)n2)cc1. The molecular formula is C18H18ClN3OS. The maximum Gasteiger partial charge on any atom is 0.251 e. The van der Waals surface area contributed by atoms with Gasteiger partial charge in [0, 0.05) is 28.6 Å². The Kier molecular flexibility index (Phi) is 4.48. The number of pyridine rings is 1. The van der Waals surface area contributed by atoms with Crippen LogP contribution in [0.25, 0.3) is 0 Å². The summed E-state index contributed by atoms with van der Waals surface area (Å²) in [6.45, 7) is 0. The first-order chi connectivity index (χ1) is 11.7. The number of hydrogen-bond acceptors (Lipinski definition) is 4. The lowest BCUT2D eigenvalue weighted by molar-refractivity contribution is 0.0931. The molecule has 2 fully saturated rings. The number of carbonyl (C=O) groups is 1. The van der Waals surface area contributed by atoms with E-state index in [-0.39, 0.29) is 11.9 Å². The summed E-state index contributed by atoms with van der Waals surface area (Å²) in [5.74, 6) is 0.00628. The third kappa shape index (κ3) is 3.43. The molecule has 2 aromatic rings. The van der Waals surface area contributed by atoms with Crippen LogP contribution in [-0.4, -0.2) is 29.0 Å². The van der Waals surface area contributed by atoms with Gasteiger partial charge in [0.15, 0.2) is 0 Å². The van der Waals surface area contributed by atoms with Crippen LogP contribution in [0.3, 0.4) is 0 Å². The lowest BCUT2D eigenvalue weighted by atomic mass is 9.95. The molecule has 24 heavy (non-hydrogen) atoms. The zero-order valence-electron chi connectivity index (χ0n) is 13.0. The van der Waals surface area contributed by atoms with E-state index in [2.05, 4.69) is 15.6 Å². The second kappa shape index (κ2) is 6.75. The molecule has 3 atom stereocenters. The average molecular weight is 360 g/mol. The molecule has 2 aliphatic heterocycles. The van der Waals surface area contributed by atoms with Crippen LogP contribution >= 0.6 is 23.4 Å². The van der Waals surface area contributed by atoms with E-state index in [4.69, 9.17) is 11.6 Å². The number of nitrogens with zero attached hydrogens (tertiary/aromatic N) is 1. The van der Waals surface area contributed by atoms with E-state index in [1.807, 2.05) is 36.4 Å². The van der Waals surface area contributed by atoms with E-state index in [1.54, 1.807) is 6.07 Å². The minimum Gasteiger partial charge on any atom is -0.348 e. The van der Waals surface area contributed by atoms with Gasteiger partial charge in [0.25, 0.3) is 5.91 Å². The zero-order valence-corrected chi connectivity index (χ0v) is 14.6. The third-order valence-corrected chi connectivity index (χ3v) is 5.80. The Morgan fingerprint density at radius 1 is 1.21 bits per heavy atom. The number of rotatable bonds is 4. The third-order valence-electron chi connectivity index (χ3n) is 4.65. The van der Waals surface area contributed by atoms with Gasteiger partial charge < -0.3 is 10.6 Å². The van der Waals surface area contributed by atoms with E-state index in [0.29, 0.717) is 22.8 Å². The van der Waals surface area contributed by atoms with Gasteiger partial charge in [-0.2, -0.15) is 0 Å². The number of benzene rings is 1. The first-order valence-electron chi connectivity index (χ1n) is 8.15. The summed E-state index contributed by atoms with van der Waals surface area (Å²) in [7, 11) is 0. The van der Waals surface area contributed by atoms with Crippen molar-refractivity contribution in [1.29, 1.82) is 0 Å². The fourth-order valence-corrected chi connectivity index (χ4v) is 4.50. The molecule has 6 heteroatoms. The normalized spacial score (nSPS) is 25.0. The lowest BCUT2D eigenvalue weighted by Gasteiger charge is -2.21. The molecule has 0 aliphatic carbocycles. The van der Waals surface area contributed by atoms with Crippen LogP contribution in [0.4, 0.5) is 0 Å². The largest absolute Gasteiger partial charge is 0.348 e. The zero-order chi connectivity index (χ0) is 16.5. The van der Waals surface area contributed by atoms with E-state index in [1.165, 1.54) is 18.2 Å². The average Bonchev–Trinajstić information content (AvgIpc) is 3.18. The number of hydrogen-bond donors (Lipinski definition) is 2. The Hall–Kier alpha value is -1.56. The summed E-state index contributed by atoms with van der Waals surface area (Å²) in [5, 5.41) is 8.03. The van der Waals surface area contributed by atoms with Crippen LogP contribution in [0.15, 0.2) is 52.4 Å². The highest BCUT2D eigenvalue weighted by atomic mass is 35.5. The molecule has 0 radical (unpaired) electrons. The topological polar surface area (TPSA) is 54.0 Å². The number of aromatic nitrogens is 1. The van der Waals surface area contributed by atoms with Crippen molar-refractivity contribution >= 4 is 29.3 Å². The molecule has 4 nitrogen and oxygen atoms in total. The van der Waals surface area contributed by atoms with E-state index < -0.39 is 0 Å². The van der Waals surface area contributed by atoms with Crippen LogP contribution < -0.4 is 10.6 Å². The Labute approximate surface area is 150 Å². The molecule has 1 aromatic heterocycles. The van der Waals surface area contributed by atoms with Crippen LogP contribution in [-0.2, 0) is 0 Å². The number of fused-ring (bicyclic) bond motifs is 2. The van der Waals surface area contributed by atoms with Crippen molar-refractivity contribution in [2.45, 2.75) is 47.3 Å². The molecule has 0 saturated carbocycles. The Morgan fingerprint density at radius 3 is 2.71 bits per heavy atom. The summed E-state index contributed by atoms with van der Waals surface area (Å²) in [5.41, 5.74) is 0.696. The maximum absolute atomic E-state index is 12.4. The highest BCUT2D eigenvalue weighted by Gasteiger charge is 2.39. The number of halogens is 1. The number of carbonyl (C=O) groups excluding carboxylic acids is 1. The smallest absolute Gasteiger partial charge is 0.251 e. The minimum atomic E-state index is 0.00628. The van der Waals surface area contributed by atoms with E-state index in [0.717, 1.165) is 22.8 Å². The predicted octanol–water partition coefficient (Wildman–Crippen LogP) is 3.51. The van der Waals surface area contributed by atoms with Gasteiger partial charge in [0.05, 0.1) is 0 Å². The van der Waals surface area contributed by atoms with Crippen molar-refractivity contribution in [3.05, 3.63) is 53.2 Å². The summed E-state index contributed by atoms with van der Waals surface area (Å²) in [4.78, 5) is 17.7. The Balaban J connectivity index is 1.39. The van der Waals surface area contributed by atoms with Gasteiger partial charge in [0.1, 0.15) is 10.2 Å². The van der Waals surface area contributed by atoms with Crippen molar-refractivity contribution in [1.82, 2.24) is 15.6 Å². The van der Waals surface area contributed by atoms with Crippen molar-refractivity contribution in [2.75, 3.05) is 0 Å².